The van der Waals surface area contributed by atoms with Crippen molar-refractivity contribution in [1.82, 2.24) is 5.32 Å². The maximum absolute atomic E-state index is 12.5. The Labute approximate surface area is 155 Å². The minimum atomic E-state index is -0.0109. The molecule has 5 heteroatoms. The molecule has 1 amide bonds. The quantitative estimate of drug-likeness (QED) is 0.659. The third-order valence-corrected chi connectivity index (χ3v) is 5.26. The monoisotopic (exact) mass is 355 g/mol. The molecular formula is C21H29N3O2+2. The first kappa shape index (κ1) is 18.4. The van der Waals surface area contributed by atoms with E-state index in [1.54, 1.807) is 12.0 Å². The van der Waals surface area contributed by atoms with E-state index in [1.165, 1.54) is 10.5 Å². The van der Waals surface area contributed by atoms with Gasteiger partial charge in [0.15, 0.2) is 0 Å². The topological polar surface area (TPSA) is 47.2 Å². The van der Waals surface area contributed by atoms with Gasteiger partial charge in [0.1, 0.15) is 38.0 Å². The number of methoxy groups -OCH3 is 1. The minimum Gasteiger partial charge on any atom is -0.497 e. The first-order valence-electron chi connectivity index (χ1n) is 9.30. The molecular weight excluding hydrogens is 326 g/mol. The van der Waals surface area contributed by atoms with Crippen LogP contribution in [-0.4, -0.2) is 52.8 Å². The molecule has 26 heavy (non-hydrogen) atoms. The van der Waals surface area contributed by atoms with E-state index in [0.717, 1.165) is 31.9 Å². The molecule has 0 unspecified atom stereocenters. The van der Waals surface area contributed by atoms with Gasteiger partial charge in [-0.3, -0.25) is 4.79 Å². The first-order chi connectivity index (χ1) is 12.7. The van der Waals surface area contributed by atoms with Crippen molar-refractivity contribution in [2.45, 2.75) is 6.04 Å². The molecule has 0 saturated carbocycles. The van der Waals surface area contributed by atoms with Crippen molar-refractivity contribution in [3.63, 3.8) is 0 Å². The summed E-state index contributed by atoms with van der Waals surface area (Å²) < 4.78 is 5.28. The average molecular weight is 355 g/mol. The lowest BCUT2D eigenvalue weighted by Gasteiger charge is -2.33. The molecule has 138 valence electrons. The van der Waals surface area contributed by atoms with Crippen LogP contribution in [0, 0.1) is 0 Å². The molecule has 3 rings (SSSR count). The predicted octanol–water partition coefficient (Wildman–Crippen LogP) is -0.420. The Morgan fingerprint density at radius 1 is 1.04 bits per heavy atom. The number of hydrogen-bond donors (Lipinski definition) is 3. The van der Waals surface area contributed by atoms with Crippen LogP contribution in [0.3, 0.4) is 0 Å². The van der Waals surface area contributed by atoms with Gasteiger partial charge in [0.25, 0.3) is 5.91 Å². The summed E-state index contributed by atoms with van der Waals surface area (Å²) in [4.78, 5) is 15.6. The van der Waals surface area contributed by atoms with Crippen LogP contribution in [0.15, 0.2) is 54.6 Å². The van der Waals surface area contributed by atoms with Crippen LogP contribution in [-0.2, 0) is 0 Å². The summed E-state index contributed by atoms with van der Waals surface area (Å²) in [5.74, 6) is 0.849. The number of benzene rings is 2. The number of hydrogen-bond acceptors (Lipinski definition) is 2. The zero-order chi connectivity index (χ0) is 18.4. The largest absolute Gasteiger partial charge is 0.497 e. The van der Waals surface area contributed by atoms with Crippen molar-refractivity contribution >= 4 is 5.91 Å². The SMILES string of the molecule is COc1ccc([C@@H](CNC(=O)c2ccccc2)[NH+]2CC[NH+](C)CC2)cc1. The summed E-state index contributed by atoms with van der Waals surface area (Å²) in [5.41, 5.74) is 1.95. The molecule has 0 aliphatic carbocycles. The lowest BCUT2D eigenvalue weighted by atomic mass is 10.0. The maximum atomic E-state index is 12.5. The highest BCUT2D eigenvalue weighted by Crippen LogP contribution is 2.16. The van der Waals surface area contributed by atoms with Gasteiger partial charge in [-0.2, -0.15) is 0 Å². The average Bonchev–Trinajstić information content (AvgIpc) is 2.70. The Bertz CT molecular complexity index is 695. The predicted molar refractivity (Wildman–Crippen MR) is 102 cm³/mol. The second kappa shape index (κ2) is 8.83. The molecule has 1 atom stereocenters. The zero-order valence-corrected chi connectivity index (χ0v) is 15.6. The highest BCUT2D eigenvalue weighted by atomic mass is 16.5. The minimum absolute atomic E-state index is 0.0109. The Morgan fingerprint density at radius 2 is 1.69 bits per heavy atom. The van der Waals surface area contributed by atoms with Crippen molar-refractivity contribution in [2.75, 3.05) is 46.9 Å². The van der Waals surface area contributed by atoms with Crippen molar-refractivity contribution < 1.29 is 19.3 Å². The fourth-order valence-corrected chi connectivity index (χ4v) is 3.57. The number of rotatable bonds is 6. The number of carbonyl (C=O) groups excluding carboxylic acids is 1. The van der Waals surface area contributed by atoms with Crippen molar-refractivity contribution in [1.29, 1.82) is 0 Å². The van der Waals surface area contributed by atoms with Gasteiger partial charge in [0.05, 0.1) is 20.7 Å². The standard InChI is InChI=1S/C21H27N3O2/c1-23-12-14-24(15-13-23)20(17-8-10-19(26-2)11-9-17)16-22-21(25)18-6-4-3-5-7-18/h3-11,20H,12-16H2,1-2H3,(H,22,25)/p+2/t20-/m1/s1. The Hall–Kier alpha value is -2.37. The Balaban J connectivity index is 1.72. The number of amides is 1. The molecule has 1 fully saturated rings. The summed E-state index contributed by atoms with van der Waals surface area (Å²) in [7, 11) is 3.93. The summed E-state index contributed by atoms with van der Waals surface area (Å²) in [5, 5.41) is 3.14. The van der Waals surface area contributed by atoms with Crippen LogP contribution in [0.1, 0.15) is 22.0 Å². The molecule has 0 bridgehead atoms. The number of quaternary nitrogens is 2. The van der Waals surface area contributed by atoms with Crippen LogP contribution in [0.5, 0.6) is 5.75 Å². The normalized spacial score (nSPS) is 21.0. The van der Waals surface area contributed by atoms with Crippen molar-refractivity contribution in [3.8, 4) is 5.75 Å². The second-order valence-electron chi connectivity index (χ2n) is 7.02. The molecule has 1 aliphatic heterocycles. The molecule has 0 aromatic heterocycles. The van der Waals surface area contributed by atoms with Crippen LogP contribution in [0.2, 0.25) is 0 Å². The molecule has 0 radical (unpaired) electrons. The van der Waals surface area contributed by atoms with E-state index in [2.05, 4.69) is 24.5 Å². The van der Waals surface area contributed by atoms with Gasteiger partial charge >= 0.3 is 0 Å². The number of likely N-dealkylation sites (N-methyl/N-ethyl adjacent to an activating group) is 1. The van der Waals surface area contributed by atoms with E-state index >= 15 is 0 Å². The number of carbonyl (C=O) groups is 1. The van der Waals surface area contributed by atoms with Crippen molar-refractivity contribution in [3.05, 3.63) is 65.7 Å². The van der Waals surface area contributed by atoms with Crippen LogP contribution >= 0.6 is 0 Å². The molecule has 0 spiro atoms. The Kier molecular flexibility index (Phi) is 6.26. The zero-order valence-electron chi connectivity index (χ0n) is 15.6. The summed E-state index contributed by atoms with van der Waals surface area (Å²) in [6, 6.07) is 17.9. The summed E-state index contributed by atoms with van der Waals surface area (Å²) >= 11 is 0. The van der Waals surface area contributed by atoms with Gasteiger partial charge in [0.2, 0.25) is 0 Å². The molecule has 5 nitrogen and oxygen atoms in total. The summed E-state index contributed by atoms with van der Waals surface area (Å²) in [6.07, 6.45) is 0. The maximum Gasteiger partial charge on any atom is 0.251 e. The summed E-state index contributed by atoms with van der Waals surface area (Å²) in [6.45, 7) is 5.19. The second-order valence-corrected chi connectivity index (χ2v) is 7.02. The highest BCUT2D eigenvalue weighted by Gasteiger charge is 2.29. The van der Waals surface area contributed by atoms with Crippen LogP contribution in [0.25, 0.3) is 0 Å². The Morgan fingerprint density at radius 3 is 2.31 bits per heavy atom. The van der Waals surface area contributed by atoms with E-state index in [1.807, 2.05) is 42.5 Å². The molecule has 3 N–H and O–H groups in total. The van der Waals surface area contributed by atoms with E-state index in [9.17, 15) is 4.79 Å². The molecule has 2 aromatic carbocycles. The van der Waals surface area contributed by atoms with Crippen LogP contribution < -0.4 is 19.9 Å². The van der Waals surface area contributed by atoms with E-state index in [4.69, 9.17) is 4.74 Å². The van der Waals surface area contributed by atoms with Gasteiger partial charge in [-0.15, -0.1) is 0 Å². The number of piperazine rings is 1. The number of nitrogens with one attached hydrogen (secondary N) is 3. The molecule has 1 heterocycles. The van der Waals surface area contributed by atoms with Crippen molar-refractivity contribution in [2.24, 2.45) is 0 Å². The molecule has 1 aliphatic rings. The smallest absolute Gasteiger partial charge is 0.251 e. The highest BCUT2D eigenvalue weighted by molar-refractivity contribution is 5.94. The lowest BCUT2D eigenvalue weighted by molar-refractivity contribution is -1.02. The molecule has 2 aromatic rings. The van der Waals surface area contributed by atoms with Gasteiger partial charge in [-0.05, 0) is 36.4 Å². The van der Waals surface area contributed by atoms with E-state index in [-0.39, 0.29) is 11.9 Å². The fourth-order valence-electron chi connectivity index (χ4n) is 3.57. The fraction of sp³-hybridized carbons (Fsp3) is 0.381. The van der Waals surface area contributed by atoms with Crippen LogP contribution in [0.4, 0.5) is 0 Å². The van der Waals surface area contributed by atoms with Gasteiger partial charge in [-0.1, -0.05) is 18.2 Å². The number of ether oxygens (including phenoxy) is 1. The molecule has 1 saturated heterocycles. The van der Waals surface area contributed by atoms with Gasteiger partial charge < -0.3 is 19.9 Å². The first-order valence-corrected chi connectivity index (χ1v) is 9.30. The van der Waals surface area contributed by atoms with Gasteiger partial charge in [-0.25, -0.2) is 0 Å². The third-order valence-electron chi connectivity index (χ3n) is 5.26. The van der Waals surface area contributed by atoms with Gasteiger partial charge in [0, 0.05) is 11.1 Å². The lowest BCUT2D eigenvalue weighted by Crippen LogP contribution is -3.27. The van der Waals surface area contributed by atoms with E-state index in [0.29, 0.717) is 12.1 Å². The third kappa shape index (κ3) is 4.62. The van der Waals surface area contributed by atoms with E-state index < -0.39 is 0 Å².